The lowest BCUT2D eigenvalue weighted by Gasteiger charge is -2.24. The van der Waals surface area contributed by atoms with Crippen LogP contribution in [0.4, 0.5) is 5.69 Å². The highest BCUT2D eigenvalue weighted by Crippen LogP contribution is 2.39. The predicted octanol–water partition coefficient (Wildman–Crippen LogP) is 3.22. The molecule has 0 saturated heterocycles. The molecule has 4 aromatic rings. The number of methoxy groups -OCH3 is 1. The van der Waals surface area contributed by atoms with E-state index in [1.165, 1.54) is 6.33 Å². The number of benzene rings is 1. The Kier molecular flexibility index (Phi) is 4.30. The summed E-state index contributed by atoms with van der Waals surface area (Å²) in [5.41, 5.74) is 9.97. The molecule has 1 saturated carbocycles. The van der Waals surface area contributed by atoms with Crippen molar-refractivity contribution in [3.63, 3.8) is 0 Å². The fourth-order valence-corrected chi connectivity index (χ4v) is 4.44. The van der Waals surface area contributed by atoms with Crippen LogP contribution >= 0.6 is 0 Å². The molecule has 1 fully saturated rings. The summed E-state index contributed by atoms with van der Waals surface area (Å²) in [6.07, 6.45) is 6.08. The number of anilines is 1. The van der Waals surface area contributed by atoms with E-state index in [2.05, 4.69) is 15.1 Å². The van der Waals surface area contributed by atoms with Crippen molar-refractivity contribution < 1.29 is 14.6 Å². The maximum absolute atomic E-state index is 11.3. The number of carboxylic acid groups (broad SMARTS) is 1. The number of aliphatic carboxylic acids is 1. The molecule has 3 aromatic heterocycles. The number of hydrogen-bond donors (Lipinski definition) is 3. The van der Waals surface area contributed by atoms with E-state index >= 15 is 0 Å². The molecule has 3 heterocycles. The molecule has 0 radical (unpaired) electrons. The van der Waals surface area contributed by atoms with Crippen molar-refractivity contribution in [2.75, 3.05) is 12.8 Å². The molecule has 0 bridgehead atoms. The molecule has 30 heavy (non-hydrogen) atoms. The number of ether oxygens (including phenoxy) is 1. The van der Waals surface area contributed by atoms with Crippen molar-refractivity contribution in [3.8, 4) is 17.1 Å². The zero-order valence-electron chi connectivity index (χ0n) is 16.5. The normalized spacial score (nSPS) is 19.4. The number of nitrogens with zero attached hydrogens (tertiary/aromatic N) is 4. The molecule has 0 atom stereocenters. The van der Waals surface area contributed by atoms with Crippen LogP contribution < -0.4 is 10.5 Å². The molecule has 1 aliphatic carbocycles. The van der Waals surface area contributed by atoms with Crippen molar-refractivity contribution in [1.29, 1.82) is 0 Å². The first-order chi connectivity index (χ1) is 14.6. The number of imidazole rings is 1. The minimum Gasteiger partial charge on any atom is -0.495 e. The Hall–Kier alpha value is -3.62. The number of nitrogen functional groups attached to an aromatic ring is 1. The van der Waals surface area contributed by atoms with E-state index in [1.54, 1.807) is 13.3 Å². The fraction of sp³-hybridized carbons (Fsp3) is 0.333. The summed E-state index contributed by atoms with van der Waals surface area (Å²) in [5.74, 6) is 0.711. The predicted molar refractivity (Wildman–Crippen MR) is 111 cm³/mol. The average molecular weight is 406 g/mol. The Morgan fingerprint density at radius 2 is 2.10 bits per heavy atom. The van der Waals surface area contributed by atoms with Crippen LogP contribution in [-0.2, 0) is 4.79 Å². The Bertz CT molecular complexity index is 1250. The molecule has 9 nitrogen and oxygen atoms in total. The van der Waals surface area contributed by atoms with Crippen molar-refractivity contribution in [1.82, 2.24) is 24.6 Å². The standard InChI is InChI=1S/C21H22N6O3/c1-30-17-7-6-14(22)13-8-15(25-18(13)17)19-16-9-23-10-24-27(16)20(26-19)11-2-4-12(5-3-11)21(28)29/h6-12,25H,2-5,22H2,1H3,(H,28,29). The van der Waals surface area contributed by atoms with Crippen LogP contribution in [0.1, 0.15) is 37.4 Å². The van der Waals surface area contributed by atoms with Crippen LogP contribution in [0.15, 0.2) is 30.7 Å². The van der Waals surface area contributed by atoms with Gasteiger partial charge in [-0.05, 0) is 43.9 Å². The summed E-state index contributed by atoms with van der Waals surface area (Å²) in [7, 11) is 1.62. The molecule has 9 heteroatoms. The van der Waals surface area contributed by atoms with Crippen LogP contribution in [0, 0.1) is 5.92 Å². The molecule has 1 aliphatic rings. The summed E-state index contributed by atoms with van der Waals surface area (Å²) >= 11 is 0. The third-order valence-electron chi connectivity index (χ3n) is 6.05. The highest BCUT2D eigenvalue weighted by Gasteiger charge is 2.30. The van der Waals surface area contributed by atoms with Gasteiger partial charge in [0.05, 0.1) is 30.4 Å². The van der Waals surface area contributed by atoms with Gasteiger partial charge in [0.25, 0.3) is 0 Å². The van der Waals surface area contributed by atoms with Gasteiger partial charge in [-0.15, -0.1) is 0 Å². The quantitative estimate of drug-likeness (QED) is 0.443. The summed E-state index contributed by atoms with van der Waals surface area (Å²) < 4.78 is 7.28. The topological polar surface area (TPSA) is 131 Å². The maximum Gasteiger partial charge on any atom is 0.306 e. The summed E-state index contributed by atoms with van der Waals surface area (Å²) in [4.78, 5) is 23.8. The van der Waals surface area contributed by atoms with Gasteiger partial charge < -0.3 is 20.6 Å². The SMILES string of the molecule is COc1ccc(N)c2cc(-c3nc(C4CCC(C(=O)O)CC4)n4ncncc34)[nH]c12. The second-order valence-corrected chi connectivity index (χ2v) is 7.74. The number of aromatic nitrogens is 5. The minimum atomic E-state index is -0.714. The number of nitrogens with one attached hydrogen (secondary N) is 1. The Morgan fingerprint density at radius 3 is 2.83 bits per heavy atom. The van der Waals surface area contributed by atoms with Crippen molar-refractivity contribution in [3.05, 3.63) is 36.5 Å². The number of rotatable bonds is 4. The van der Waals surface area contributed by atoms with E-state index in [0.29, 0.717) is 24.3 Å². The molecule has 5 rings (SSSR count). The number of H-pyrrole nitrogens is 1. The molecule has 0 unspecified atom stereocenters. The van der Waals surface area contributed by atoms with E-state index < -0.39 is 5.97 Å². The average Bonchev–Trinajstić information content (AvgIpc) is 3.37. The van der Waals surface area contributed by atoms with Gasteiger partial charge in [0.2, 0.25) is 0 Å². The second kappa shape index (κ2) is 7.01. The van der Waals surface area contributed by atoms with Gasteiger partial charge in [0.1, 0.15) is 29.1 Å². The number of nitrogens with two attached hydrogens (primary N) is 1. The first kappa shape index (κ1) is 18.4. The highest BCUT2D eigenvalue weighted by atomic mass is 16.5. The van der Waals surface area contributed by atoms with E-state index in [4.69, 9.17) is 15.5 Å². The first-order valence-corrected chi connectivity index (χ1v) is 9.93. The number of carboxylic acids is 1. The molecular formula is C21H22N6O3. The number of aromatic amines is 1. The summed E-state index contributed by atoms with van der Waals surface area (Å²) in [6, 6.07) is 5.62. The largest absolute Gasteiger partial charge is 0.495 e. The monoisotopic (exact) mass is 406 g/mol. The van der Waals surface area contributed by atoms with Crippen LogP contribution in [-0.4, -0.2) is 42.8 Å². The Labute approximate surface area is 171 Å². The summed E-state index contributed by atoms with van der Waals surface area (Å²) in [6.45, 7) is 0. The van der Waals surface area contributed by atoms with E-state index in [1.807, 2.05) is 22.7 Å². The van der Waals surface area contributed by atoms with Gasteiger partial charge in [-0.3, -0.25) is 4.79 Å². The van der Waals surface area contributed by atoms with Gasteiger partial charge in [-0.25, -0.2) is 14.5 Å². The fourth-order valence-electron chi connectivity index (χ4n) is 4.44. The third kappa shape index (κ3) is 2.85. The first-order valence-electron chi connectivity index (χ1n) is 9.93. The van der Waals surface area contributed by atoms with Crippen LogP contribution in [0.25, 0.3) is 27.8 Å². The zero-order valence-corrected chi connectivity index (χ0v) is 16.5. The lowest BCUT2D eigenvalue weighted by Crippen LogP contribution is -2.21. The Balaban J connectivity index is 1.61. The van der Waals surface area contributed by atoms with Crippen LogP contribution in [0.3, 0.4) is 0 Å². The van der Waals surface area contributed by atoms with Crippen molar-refractivity contribution in [2.45, 2.75) is 31.6 Å². The number of hydrogen-bond acceptors (Lipinski definition) is 6. The molecular weight excluding hydrogens is 384 g/mol. The van der Waals surface area contributed by atoms with Crippen molar-refractivity contribution in [2.24, 2.45) is 5.92 Å². The second-order valence-electron chi connectivity index (χ2n) is 7.74. The third-order valence-corrected chi connectivity index (χ3v) is 6.05. The number of fused-ring (bicyclic) bond motifs is 2. The van der Waals surface area contributed by atoms with Gasteiger partial charge >= 0.3 is 5.97 Å². The molecule has 0 aliphatic heterocycles. The molecule has 154 valence electrons. The van der Waals surface area contributed by atoms with Gasteiger partial charge in [-0.1, -0.05) is 0 Å². The lowest BCUT2D eigenvalue weighted by atomic mass is 9.82. The molecule has 4 N–H and O–H groups in total. The van der Waals surface area contributed by atoms with E-state index in [-0.39, 0.29) is 11.8 Å². The van der Waals surface area contributed by atoms with Gasteiger partial charge in [-0.2, -0.15) is 5.10 Å². The van der Waals surface area contributed by atoms with Gasteiger partial charge in [0.15, 0.2) is 0 Å². The highest BCUT2D eigenvalue weighted by molar-refractivity contribution is 5.99. The summed E-state index contributed by atoms with van der Waals surface area (Å²) in [5, 5.41) is 14.6. The Morgan fingerprint density at radius 1 is 1.30 bits per heavy atom. The zero-order chi connectivity index (χ0) is 20.8. The molecule has 1 aromatic carbocycles. The van der Waals surface area contributed by atoms with Crippen molar-refractivity contribution >= 4 is 28.1 Å². The number of carbonyl (C=O) groups is 1. The van der Waals surface area contributed by atoms with E-state index in [9.17, 15) is 9.90 Å². The molecule has 0 amide bonds. The van der Waals surface area contributed by atoms with E-state index in [0.717, 1.165) is 46.5 Å². The van der Waals surface area contributed by atoms with Crippen LogP contribution in [0.2, 0.25) is 0 Å². The minimum absolute atomic E-state index is 0.153. The maximum atomic E-state index is 11.3. The lowest BCUT2D eigenvalue weighted by molar-refractivity contribution is -0.142. The molecule has 0 spiro atoms. The van der Waals surface area contributed by atoms with Gasteiger partial charge in [0, 0.05) is 17.0 Å². The van der Waals surface area contributed by atoms with Crippen LogP contribution in [0.5, 0.6) is 5.75 Å². The smallest absolute Gasteiger partial charge is 0.306 e.